The van der Waals surface area contributed by atoms with Gasteiger partial charge in [0.05, 0.1) is 11.0 Å². The first-order valence-electron chi connectivity index (χ1n) is 6.44. The van der Waals surface area contributed by atoms with E-state index in [1.165, 1.54) is 0 Å². The van der Waals surface area contributed by atoms with Gasteiger partial charge in [0.2, 0.25) is 5.95 Å². The van der Waals surface area contributed by atoms with Crippen molar-refractivity contribution < 1.29 is 9.53 Å². The Balaban J connectivity index is 1.63. The SMILES string of the molecule is Nc1ccc2nc(NC(=O)OCc3ccccc3)[nH]c2c1. The van der Waals surface area contributed by atoms with Gasteiger partial charge in [-0.05, 0) is 23.8 Å². The zero-order valence-corrected chi connectivity index (χ0v) is 11.2. The summed E-state index contributed by atoms with van der Waals surface area (Å²) in [5.74, 6) is 0.327. The van der Waals surface area contributed by atoms with E-state index >= 15 is 0 Å². The van der Waals surface area contributed by atoms with Gasteiger partial charge < -0.3 is 15.5 Å². The highest BCUT2D eigenvalue weighted by molar-refractivity contribution is 5.87. The minimum Gasteiger partial charge on any atom is -0.444 e. The minimum absolute atomic E-state index is 0.208. The number of rotatable bonds is 3. The molecule has 3 rings (SSSR count). The van der Waals surface area contributed by atoms with E-state index < -0.39 is 6.09 Å². The first-order valence-corrected chi connectivity index (χ1v) is 6.44. The lowest BCUT2D eigenvalue weighted by Gasteiger charge is -2.04. The summed E-state index contributed by atoms with van der Waals surface area (Å²) >= 11 is 0. The van der Waals surface area contributed by atoms with Crippen molar-refractivity contribution >= 4 is 28.8 Å². The number of fused-ring (bicyclic) bond motifs is 1. The Morgan fingerprint density at radius 2 is 2.05 bits per heavy atom. The van der Waals surface area contributed by atoms with Gasteiger partial charge in [-0.1, -0.05) is 30.3 Å². The van der Waals surface area contributed by atoms with Crippen LogP contribution in [0.3, 0.4) is 0 Å². The van der Waals surface area contributed by atoms with Crippen LogP contribution in [0.5, 0.6) is 0 Å². The predicted molar refractivity (Wildman–Crippen MR) is 80.8 cm³/mol. The number of H-pyrrole nitrogens is 1. The lowest BCUT2D eigenvalue weighted by molar-refractivity contribution is 0.155. The summed E-state index contributed by atoms with van der Waals surface area (Å²) in [7, 11) is 0. The molecule has 3 aromatic rings. The van der Waals surface area contributed by atoms with Gasteiger partial charge in [-0.25, -0.2) is 9.78 Å². The first-order chi connectivity index (χ1) is 10.2. The van der Waals surface area contributed by atoms with Crippen molar-refractivity contribution in [2.75, 3.05) is 11.1 Å². The van der Waals surface area contributed by atoms with Gasteiger partial charge in [0, 0.05) is 5.69 Å². The van der Waals surface area contributed by atoms with Crippen LogP contribution in [0.4, 0.5) is 16.4 Å². The summed E-state index contributed by atoms with van der Waals surface area (Å²) in [4.78, 5) is 18.9. The van der Waals surface area contributed by atoms with Crippen LogP contribution in [0.2, 0.25) is 0 Å². The number of hydrogen-bond acceptors (Lipinski definition) is 4. The fourth-order valence-corrected chi connectivity index (χ4v) is 1.94. The highest BCUT2D eigenvalue weighted by Gasteiger charge is 2.08. The molecule has 0 aliphatic heterocycles. The molecular weight excluding hydrogens is 268 g/mol. The summed E-state index contributed by atoms with van der Waals surface area (Å²) in [6, 6.07) is 14.7. The number of nitrogens with one attached hydrogen (secondary N) is 2. The maximum Gasteiger partial charge on any atom is 0.414 e. The van der Waals surface area contributed by atoms with Crippen molar-refractivity contribution in [1.29, 1.82) is 0 Å². The van der Waals surface area contributed by atoms with Crippen molar-refractivity contribution in [2.24, 2.45) is 0 Å². The fourth-order valence-electron chi connectivity index (χ4n) is 1.94. The van der Waals surface area contributed by atoms with Crippen LogP contribution in [0.25, 0.3) is 11.0 Å². The predicted octanol–water partition coefficient (Wildman–Crippen LogP) is 2.89. The second-order valence-corrected chi connectivity index (χ2v) is 4.55. The van der Waals surface area contributed by atoms with Crippen molar-refractivity contribution in [3.05, 3.63) is 54.1 Å². The Bertz CT molecular complexity index is 768. The van der Waals surface area contributed by atoms with Crippen LogP contribution in [-0.2, 0) is 11.3 Å². The largest absolute Gasteiger partial charge is 0.444 e. The molecule has 0 unspecified atom stereocenters. The Labute approximate surface area is 120 Å². The molecule has 1 amide bonds. The Morgan fingerprint density at radius 1 is 1.24 bits per heavy atom. The van der Waals surface area contributed by atoms with E-state index in [1.54, 1.807) is 18.2 Å². The zero-order chi connectivity index (χ0) is 14.7. The average molecular weight is 282 g/mol. The van der Waals surface area contributed by atoms with Gasteiger partial charge in [0.25, 0.3) is 0 Å². The quantitative estimate of drug-likeness (QED) is 0.644. The molecule has 0 saturated heterocycles. The molecule has 0 bridgehead atoms. The topological polar surface area (TPSA) is 93.0 Å². The van der Waals surface area contributed by atoms with Crippen molar-refractivity contribution in [2.45, 2.75) is 6.61 Å². The van der Waals surface area contributed by atoms with E-state index in [2.05, 4.69) is 15.3 Å². The highest BCUT2D eigenvalue weighted by Crippen LogP contribution is 2.17. The molecule has 0 fully saturated rings. The lowest BCUT2D eigenvalue weighted by Crippen LogP contribution is -2.14. The molecule has 0 spiro atoms. The molecule has 0 atom stereocenters. The molecule has 106 valence electrons. The molecule has 0 saturated carbocycles. The average Bonchev–Trinajstić information content (AvgIpc) is 2.87. The molecule has 6 heteroatoms. The number of benzene rings is 2. The normalized spacial score (nSPS) is 10.5. The van der Waals surface area contributed by atoms with Gasteiger partial charge in [-0.2, -0.15) is 0 Å². The summed E-state index contributed by atoms with van der Waals surface area (Å²) in [5, 5.41) is 2.55. The third-order valence-electron chi connectivity index (χ3n) is 2.94. The number of aromatic amines is 1. The molecule has 1 aromatic heterocycles. The molecular formula is C15H14N4O2. The van der Waals surface area contributed by atoms with E-state index in [0.29, 0.717) is 11.6 Å². The van der Waals surface area contributed by atoms with E-state index in [9.17, 15) is 4.79 Å². The Kier molecular flexibility index (Phi) is 3.42. The van der Waals surface area contributed by atoms with Crippen LogP contribution < -0.4 is 11.1 Å². The van der Waals surface area contributed by atoms with Gasteiger partial charge in [0.15, 0.2) is 0 Å². The summed E-state index contributed by atoms with van der Waals surface area (Å²) in [6.07, 6.45) is -0.564. The van der Waals surface area contributed by atoms with Gasteiger partial charge in [-0.3, -0.25) is 5.32 Å². The number of ether oxygens (including phenoxy) is 1. The number of nitrogens with two attached hydrogens (primary N) is 1. The highest BCUT2D eigenvalue weighted by atomic mass is 16.5. The number of carbonyl (C=O) groups is 1. The molecule has 6 nitrogen and oxygen atoms in total. The third kappa shape index (κ3) is 3.11. The van der Waals surface area contributed by atoms with E-state index in [1.807, 2.05) is 30.3 Å². The molecule has 21 heavy (non-hydrogen) atoms. The molecule has 1 heterocycles. The van der Waals surface area contributed by atoms with Crippen molar-refractivity contribution in [3.8, 4) is 0 Å². The second kappa shape index (κ2) is 5.54. The number of nitrogens with zero attached hydrogens (tertiary/aromatic N) is 1. The maximum absolute atomic E-state index is 11.7. The number of hydrogen-bond donors (Lipinski definition) is 3. The monoisotopic (exact) mass is 282 g/mol. The molecule has 0 radical (unpaired) electrons. The van der Waals surface area contributed by atoms with Crippen LogP contribution in [0.15, 0.2) is 48.5 Å². The standard InChI is InChI=1S/C15H14N4O2/c16-11-6-7-12-13(8-11)18-14(17-12)19-15(20)21-9-10-4-2-1-3-5-10/h1-8H,9,16H2,(H2,17,18,19,20). The summed E-state index contributed by atoms with van der Waals surface area (Å²) < 4.78 is 5.12. The summed E-state index contributed by atoms with van der Waals surface area (Å²) in [6.45, 7) is 0.208. The third-order valence-corrected chi connectivity index (χ3v) is 2.94. The van der Waals surface area contributed by atoms with E-state index in [0.717, 1.165) is 16.6 Å². The molecule has 0 aliphatic rings. The van der Waals surface area contributed by atoms with Gasteiger partial charge in [-0.15, -0.1) is 0 Å². The van der Waals surface area contributed by atoms with Gasteiger partial charge in [0.1, 0.15) is 6.61 Å². The Morgan fingerprint density at radius 3 is 2.86 bits per heavy atom. The van der Waals surface area contributed by atoms with E-state index in [-0.39, 0.29) is 6.61 Å². The van der Waals surface area contributed by atoms with Crippen molar-refractivity contribution in [1.82, 2.24) is 9.97 Å². The van der Waals surface area contributed by atoms with Crippen molar-refractivity contribution in [3.63, 3.8) is 0 Å². The number of nitrogen functional groups attached to an aromatic ring is 1. The van der Waals surface area contributed by atoms with Crippen LogP contribution in [0.1, 0.15) is 5.56 Å². The van der Waals surface area contributed by atoms with E-state index in [4.69, 9.17) is 10.5 Å². The smallest absolute Gasteiger partial charge is 0.414 e. The molecule has 0 aliphatic carbocycles. The molecule has 4 N–H and O–H groups in total. The number of imidazole rings is 1. The zero-order valence-electron chi connectivity index (χ0n) is 11.2. The fraction of sp³-hybridized carbons (Fsp3) is 0.0667. The van der Waals surface area contributed by atoms with Gasteiger partial charge >= 0.3 is 6.09 Å². The van der Waals surface area contributed by atoms with Crippen LogP contribution >= 0.6 is 0 Å². The first kappa shape index (κ1) is 13.0. The number of aromatic nitrogens is 2. The van der Waals surface area contributed by atoms with Crippen LogP contribution in [-0.4, -0.2) is 16.1 Å². The number of amides is 1. The second-order valence-electron chi connectivity index (χ2n) is 4.55. The molecule has 2 aromatic carbocycles. The maximum atomic E-state index is 11.7. The number of carbonyl (C=O) groups excluding carboxylic acids is 1. The van der Waals surface area contributed by atoms with Crippen LogP contribution in [0, 0.1) is 0 Å². The lowest BCUT2D eigenvalue weighted by atomic mass is 10.2. The summed E-state index contributed by atoms with van der Waals surface area (Å²) in [5.41, 5.74) is 8.72. The number of anilines is 2. The minimum atomic E-state index is -0.564. The Hall–Kier alpha value is -3.02.